The molecule has 6 nitrogen and oxygen atoms in total. The Morgan fingerprint density at radius 3 is 2.74 bits per heavy atom. The molecule has 2 aromatic rings. The van der Waals surface area contributed by atoms with Crippen molar-refractivity contribution in [3.63, 3.8) is 0 Å². The van der Waals surface area contributed by atoms with Gasteiger partial charge in [-0.15, -0.1) is 0 Å². The smallest absolute Gasteiger partial charge is 0.222 e. The monoisotopic (exact) mass is 367 g/mol. The number of likely N-dealkylation sites (tertiary alicyclic amines) is 2. The van der Waals surface area contributed by atoms with Crippen molar-refractivity contribution in [3.05, 3.63) is 47.8 Å². The number of hydrogen-bond donors (Lipinski definition) is 1. The lowest BCUT2D eigenvalue weighted by atomic mass is 9.72. The van der Waals surface area contributed by atoms with Crippen LogP contribution in [0, 0.1) is 12.3 Å². The van der Waals surface area contributed by atoms with Gasteiger partial charge in [0.2, 0.25) is 5.91 Å². The lowest BCUT2D eigenvalue weighted by molar-refractivity contribution is -0.139. The van der Waals surface area contributed by atoms with Crippen LogP contribution in [0.3, 0.4) is 0 Å². The maximum atomic E-state index is 12.4. The van der Waals surface area contributed by atoms with Gasteiger partial charge in [0, 0.05) is 49.7 Å². The zero-order valence-electron chi connectivity index (χ0n) is 16.2. The molecule has 0 radical (unpaired) electrons. The Balaban J connectivity index is 1.31. The number of H-pyrrole nitrogens is 1. The van der Waals surface area contributed by atoms with Crippen molar-refractivity contribution in [1.82, 2.24) is 24.8 Å². The number of rotatable bonds is 5. The van der Waals surface area contributed by atoms with Gasteiger partial charge in [0.15, 0.2) is 0 Å². The molecule has 0 aliphatic carbocycles. The molecule has 4 heterocycles. The van der Waals surface area contributed by atoms with E-state index in [1.54, 1.807) is 0 Å². The Bertz CT molecular complexity index is 764. The highest BCUT2D eigenvalue weighted by molar-refractivity contribution is 5.77. The van der Waals surface area contributed by atoms with Gasteiger partial charge in [-0.2, -0.15) is 0 Å². The summed E-state index contributed by atoms with van der Waals surface area (Å²) in [7, 11) is 0. The highest BCUT2D eigenvalue weighted by Gasteiger charge is 2.40. The zero-order chi connectivity index (χ0) is 18.7. The van der Waals surface area contributed by atoms with Gasteiger partial charge in [0.25, 0.3) is 0 Å². The fraction of sp³-hybridized carbons (Fsp3) is 0.571. The number of nitrogens with one attached hydrogen (secondary N) is 1. The van der Waals surface area contributed by atoms with Gasteiger partial charge in [-0.3, -0.25) is 14.7 Å². The molecule has 2 saturated heterocycles. The van der Waals surface area contributed by atoms with Gasteiger partial charge in [-0.1, -0.05) is 6.07 Å². The van der Waals surface area contributed by atoms with Crippen molar-refractivity contribution in [2.45, 2.75) is 45.6 Å². The maximum absolute atomic E-state index is 12.4. The summed E-state index contributed by atoms with van der Waals surface area (Å²) in [5.74, 6) is 1.37. The molecule has 1 amide bonds. The van der Waals surface area contributed by atoms with Gasteiger partial charge >= 0.3 is 0 Å². The van der Waals surface area contributed by atoms with E-state index in [1.165, 1.54) is 12.8 Å². The van der Waals surface area contributed by atoms with Crippen LogP contribution in [0.4, 0.5) is 0 Å². The molecule has 144 valence electrons. The Labute approximate surface area is 161 Å². The van der Waals surface area contributed by atoms with Gasteiger partial charge in [-0.25, -0.2) is 4.98 Å². The highest BCUT2D eigenvalue weighted by atomic mass is 16.2. The van der Waals surface area contributed by atoms with Crippen molar-refractivity contribution < 1.29 is 4.79 Å². The molecule has 2 fully saturated rings. The number of aryl methyl sites for hydroxylation is 1. The summed E-state index contributed by atoms with van der Waals surface area (Å²) >= 11 is 0. The quantitative estimate of drug-likeness (QED) is 0.882. The van der Waals surface area contributed by atoms with E-state index < -0.39 is 0 Å². The minimum atomic E-state index is 0.299. The van der Waals surface area contributed by atoms with E-state index in [0.717, 1.165) is 62.8 Å². The van der Waals surface area contributed by atoms with Crippen molar-refractivity contribution in [2.24, 2.45) is 5.41 Å². The van der Waals surface area contributed by atoms with Gasteiger partial charge in [-0.05, 0) is 56.8 Å². The molecule has 1 spiro atoms. The lowest BCUT2D eigenvalue weighted by Gasteiger charge is -2.47. The molecule has 2 aliphatic heterocycles. The molecule has 4 rings (SSSR count). The molecule has 27 heavy (non-hydrogen) atoms. The minimum Gasteiger partial charge on any atom is -0.345 e. The Morgan fingerprint density at radius 2 is 2.04 bits per heavy atom. The SMILES string of the molecule is Cc1cnc(CN2CCC3(CCC(=O)N(CCc4ccccn4)C3)CC2)[nH]1. The molecular formula is C21H29N5O. The van der Waals surface area contributed by atoms with E-state index in [2.05, 4.69) is 24.8 Å². The summed E-state index contributed by atoms with van der Waals surface area (Å²) < 4.78 is 0. The van der Waals surface area contributed by atoms with E-state index >= 15 is 0 Å². The van der Waals surface area contributed by atoms with Crippen LogP contribution < -0.4 is 0 Å². The van der Waals surface area contributed by atoms with Crippen LogP contribution >= 0.6 is 0 Å². The first-order valence-corrected chi connectivity index (χ1v) is 10.0. The molecule has 0 bridgehead atoms. The van der Waals surface area contributed by atoms with Gasteiger partial charge < -0.3 is 9.88 Å². The third-order valence-electron chi connectivity index (χ3n) is 6.16. The molecule has 1 N–H and O–H groups in total. The number of imidazole rings is 1. The second-order valence-corrected chi connectivity index (χ2v) is 8.18. The normalized spacial score (nSPS) is 20.3. The summed E-state index contributed by atoms with van der Waals surface area (Å²) in [5, 5.41) is 0. The number of aromatic nitrogens is 3. The summed E-state index contributed by atoms with van der Waals surface area (Å²) in [6, 6.07) is 5.99. The molecule has 0 unspecified atom stereocenters. The Morgan fingerprint density at radius 1 is 1.19 bits per heavy atom. The molecular weight excluding hydrogens is 338 g/mol. The number of carbonyl (C=O) groups excluding carboxylic acids is 1. The molecule has 2 aliphatic rings. The predicted octanol–water partition coefficient (Wildman–Crippen LogP) is 2.56. The van der Waals surface area contributed by atoms with Crippen LogP contribution in [-0.4, -0.2) is 56.8 Å². The third-order valence-corrected chi connectivity index (χ3v) is 6.16. The Kier molecular flexibility index (Phi) is 5.25. The summed E-state index contributed by atoms with van der Waals surface area (Å²) in [5.41, 5.74) is 2.48. The number of aromatic amines is 1. The Hall–Kier alpha value is -2.21. The number of nitrogens with zero attached hydrogens (tertiary/aromatic N) is 4. The molecule has 0 aromatic carbocycles. The lowest BCUT2D eigenvalue weighted by Crippen LogP contribution is -2.51. The van der Waals surface area contributed by atoms with E-state index in [9.17, 15) is 4.79 Å². The van der Waals surface area contributed by atoms with Crippen LogP contribution in [0.5, 0.6) is 0 Å². The maximum Gasteiger partial charge on any atom is 0.222 e. The predicted molar refractivity (Wildman–Crippen MR) is 104 cm³/mol. The number of pyridine rings is 1. The summed E-state index contributed by atoms with van der Waals surface area (Å²) in [4.78, 5) is 29.2. The first-order valence-electron chi connectivity index (χ1n) is 10.0. The van der Waals surface area contributed by atoms with Crippen molar-refractivity contribution in [1.29, 1.82) is 0 Å². The van der Waals surface area contributed by atoms with E-state index in [0.29, 0.717) is 17.7 Å². The fourth-order valence-corrected chi connectivity index (χ4v) is 4.45. The third kappa shape index (κ3) is 4.38. The second kappa shape index (κ2) is 7.80. The van der Waals surface area contributed by atoms with Crippen molar-refractivity contribution >= 4 is 5.91 Å². The summed E-state index contributed by atoms with van der Waals surface area (Å²) in [6.45, 7) is 6.80. The molecule has 6 heteroatoms. The van der Waals surface area contributed by atoms with Crippen LogP contribution in [-0.2, 0) is 17.8 Å². The number of amides is 1. The highest BCUT2D eigenvalue weighted by Crippen LogP contribution is 2.40. The second-order valence-electron chi connectivity index (χ2n) is 8.18. The van der Waals surface area contributed by atoms with Crippen LogP contribution in [0.15, 0.2) is 30.6 Å². The first-order chi connectivity index (χ1) is 13.1. The van der Waals surface area contributed by atoms with Crippen molar-refractivity contribution in [2.75, 3.05) is 26.2 Å². The van der Waals surface area contributed by atoms with Crippen LogP contribution in [0.2, 0.25) is 0 Å². The van der Waals surface area contributed by atoms with Crippen LogP contribution in [0.1, 0.15) is 42.9 Å². The molecule has 2 aromatic heterocycles. The largest absolute Gasteiger partial charge is 0.345 e. The average molecular weight is 367 g/mol. The zero-order valence-corrected chi connectivity index (χ0v) is 16.2. The average Bonchev–Trinajstić information content (AvgIpc) is 3.10. The fourth-order valence-electron chi connectivity index (χ4n) is 4.45. The standard InChI is InChI=1S/C21H29N5O/c1-17-14-23-19(24-17)15-25-12-8-21(9-13-25)7-5-20(27)26(16-21)11-6-18-4-2-3-10-22-18/h2-4,10,14H,5-9,11-13,15-16H2,1H3,(H,23,24). The number of hydrogen-bond acceptors (Lipinski definition) is 4. The van der Waals surface area contributed by atoms with Gasteiger partial charge in [0.1, 0.15) is 5.82 Å². The minimum absolute atomic E-state index is 0.299. The topological polar surface area (TPSA) is 65.1 Å². The molecule has 0 saturated carbocycles. The van der Waals surface area contributed by atoms with Crippen molar-refractivity contribution in [3.8, 4) is 0 Å². The van der Waals surface area contributed by atoms with E-state index in [1.807, 2.05) is 37.5 Å². The van der Waals surface area contributed by atoms with E-state index in [-0.39, 0.29) is 0 Å². The number of carbonyl (C=O) groups is 1. The van der Waals surface area contributed by atoms with E-state index in [4.69, 9.17) is 0 Å². The number of piperidine rings is 2. The van der Waals surface area contributed by atoms with Gasteiger partial charge in [0.05, 0.1) is 6.54 Å². The first kappa shape index (κ1) is 18.2. The van der Waals surface area contributed by atoms with Crippen LogP contribution in [0.25, 0.3) is 0 Å². The molecule has 0 atom stereocenters. The summed E-state index contributed by atoms with van der Waals surface area (Å²) in [6.07, 6.45) is 8.63.